The van der Waals surface area contributed by atoms with E-state index in [1.54, 1.807) is 25.1 Å². The van der Waals surface area contributed by atoms with Crippen molar-refractivity contribution >= 4 is 28.7 Å². The first-order valence-electron chi connectivity index (χ1n) is 8.88. The van der Waals surface area contributed by atoms with E-state index in [1.165, 1.54) is 12.1 Å². The molecular formula is C20H26N4O3. The summed E-state index contributed by atoms with van der Waals surface area (Å²) in [4.78, 5) is 27.3. The summed E-state index contributed by atoms with van der Waals surface area (Å²) in [7, 11) is 3.58. The van der Waals surface area contributed by atoms with Crippen molar-refractivity contribution in [3.05, 3.63) is 58.1 Å². The molecule has 7 heteroatoms. The van der Waals surface area contributed by atoms with Crippen LogP contribution in [0.25, 0.3) is 0 Å². The van der Waals surface area contributed by atoms with Crippen molar-refractivity contribution in [2.45, 2.75) is 26.8 Å². The molecule has 0 aliphatic rings. The van der Waals surface area contributed by atoms with Crippen molar-refractivity contribution in [2.75, 3.05) is 35.8 Å². The van der Waals surface area contributed by atoms with Gasteiger partial charge in [0, 0.05) is 55.9 Å². The lowest BCUT2D eigenvalue weighted by Crippen LogP contribution is -2.30. The number of nitro benzene ring substituents is 1. The molecule has 0 atom stereocenters. The van der Waals surface area contributed by atoms with Gasteiger partial charge in [-0.25, -0.2) is 0 Å². The average molecular weight is 370 g/mol. The van der Waals surface area contributed by atoms with Crippen molar-refractivity contribution in [3.63, 3.8) is 0 Å². The Hall–Kier alpha value is -3.09. The van der Waals surface area contributed by atoms with Crippen LogP contribution in [0, 0.1) is 10.1 Å². The van der Waals surface area contributed by atoms with Gasteiger partial charge in [-0.05, 0) is 51.1 Å². The lowest BCUT2D eigenvalue weighted by atomic mass is 10.1. The number of carbonyl (C=O) groups is 1. The maximum Gasteiger partial charge on any atom is 0.270 e. The molecule has 27 heavy (non-hydrogen) atoms. The minimum Gasteiger partial charge on any atom is -0.377 e. The summed E-state index contributed by atoms with van der Waals surface area (Å²) in [6.45, 7) is 7.25. The summed E-state index contributed by atoms with van der Waals surface area (Å²) in [5.74, 6) is -0.383. The van der Waals surface area contributed by atoms with Crippen molar-refractivity contribution in [1.29, 1.82) is 0 Å². The van der Waals surface area contributed by atoms with Gasteiger partial charge >= 0.3 is 0 Å². The number of nitro groups is 1. The van der Waals surface area contributed by atoms with Crippen LogP contribution in [0.1, 0.15) is 31.1 Å². The van der Waals surface area contributed by atoms with E-state index in [1.807, 2.05) is 24.3 Å². The van der Waals surface area contributed by atoms with Gasteiger partial charge in [-0.1, -0.05) is 0 Å². The number of rotatable bonds is 7. The highest BCUT2D eigenvalue weighted by Gasteiger charge is 2.18. The Kier molecular flexibility index (Phi) is 6.39. The summed E-state index contributed by atoms with van der Waals surface area (Å²) < 4.78 is 0. The zero-order valence-electron chi connectivity index (χ0n) is 16.4. The summed E-state index contributed by atoms with van der Waals surface area (Å²) in [5, 5.41) is 13.9. The fourth-order valence-electron chi connectivity index (χ4n) is 2.99. The summed E-state index contributed by atoms with van der Waals surface area (Å²) in [5.41, 5.74) is 2.48. The molecular weight excluding hydrogens is 344 g/mol. The first-order chi connectivity index (χ1) is 12.7. The van der Waals surface area contributed by atoms with Crippen LogP contribution in [0.4, 0.5) is 22.7 Å². The van der Waals surface area contributed by atoms with Crippen LogP contribution in [0.3, 0.4) is 0 Å². The third kappa shape index (κ3) is 4.75. The Labute approximate surface area is 159 Å². The van der Waals surface area contributed by atoms with Gasteiger partial charge in [-0.2, -0.15) is 0 Å². The summed E-state index contributed by atoms with van der Waals surface area (Å²) in [6.07, 6.45) is 0. The smallest absolute Gasteiger partial charge is 0.270 e. The molecule has 2 aromatic carbocycles. The fourth-order valence-corrected chi connectivity index (χ4v) is 2.99. The van der Waals surface area contributed by atoms with Crippen molar-refractivity contribution in [1.82, 2.24) is 0 Å². The van der Waals surface area contributed by atoms with Crippen molar-refractivity contribution in [2.24, 2.45) is 0 Å². The van der Waals surface area contributed by atoms with Crippen LogP contribution in [-0.2, 0) is 0 Å². The van der Waals surface area contributed by atoms with Gasteiger partial charge in [0.05, 0.1) is 10.5 Å². The van der Waals surface area contributed by atoms with Gasteiger partial charge in [0.2, 0.25) is 0 Å². The molecule has 1 amide bonds. The van der Waals surface area contributed by atoms with E-state index in [9.17, 15) is 14.9 Å². The Morgan fingerprint density at radius 1 is 1.15 bits per heavy atom. The lowest BCUT2D eigenvalue weighted by Gasteiger charge is -2.27. The monoisotopic (exact) mass is 370 g/mol. The Balaban J connectivity index is 2.26. The molecule has 2 aromatic rings. The summed E-state index contributed by atoms with van der Waals surface area (Å²) >= 11 is 0. The second-order valence-corrected chi connectivity index (χ2v) is 6.73. The van der Waals surface area contributed by atoms with E-state index in [4.69, 9.17) is 0 Å². The van der Waals surface area contributed by atoms with E-state index in [0.29, 0.717) is 17.4 Å². The number of nitrogens with one attached hydrogen (secondary N) is 1. The molecule has 0 aliphatic carbocycles. The summed E-state index contributed by atoms with van der Waals surface area (Å²) in [6, 6.07) is 12.2. The molecule has 0 aromatic heterocycles. The molecule has 0 saturated carbocycles. The van der Waals surface area contributed by atoms with E-state index in [-0.39, 0.29) is 17.2 Å². The molecule has 0 fully saturated rings. The Morgan fingerprint density at radius 3 is 2.26 bits per heavy atom. The minimum absolute atomic E-state index is 0.114. The van der Waals surface area contributed by atoms with E-state index >= 15 is 0 Å². The van der Waals surface area contributed by atoms with Gasteiger partial charge in [-0.15, -0.1) is 0 Å². The molecule has 0 heterocycles. The second-order valence-electron chi connectivity index (χ2n) is 6.73. The molecule has 0 unspecified atom stereocenters. The molecule has 0 bridgehead atoms. The number of amides is 1. The molecule has 2 rings (SSSR count). The third-order valence-electron chi connectivity index (χ3n) is 4.34. The van der Waals surface area contributed by atoms with E-state index < -0.39 is 4.92 Å². The number of anilines is 3. The molecule has 7 nitrogen and oxygen atoms in total. The normalized spacial score (nSPS) is 10.6. The van der Waals surface area contributed by atoms with Gasteiger partial charge < -0.3 is 15.1 Å². The number of benzene rings is 2. The fraction of sp³-hybridized carbons (Fsp3) is 0.350. The molecule has 144 valence electrons. The highest BCUT2D eigenvalue weighted by Crippen LogP contribution is 2.26. The number of nitrogens with zero attached hydrogens (tertiary/aromatic N) is 3. The van der Waals surface area contributed by atoms with Crippen LogP contribution >= 0.6 is 0 Å². The Morgan fingerprint density at radius 2 is 1.78 bits per heavy atom. The number of hydrogen-bond acceptors (Lipinski definition) is 5. The molecule has 0 aliphatic heterocycles. The van der Waals surface area contributed by atoms with E-state index in [0.717, 1.165) is 12.2 Å². The minimum atomic E-state index is -0.504. The Bertz CT molecular complexity index is 816. The van der Waals surface area contributed by atoms with Crippen LogP contribution < -0.4 is 15.1 Å². The highest BCUT2D eigenvalue weighted by molar-refractivity contribution is 6.08. The first-order valence-corrected chi connectivity index (χ1v) is 8.88. The number of carbonyl (C=O) groups excluding carboxylic acids is 1. The maximum atomic E-state index is 12.7. The first kappa shape index (κ1) is 20.2. The van der Waals surface area contributed by atoms with Gasteiger partial charge in [0.1, 0.15) is 0 Å². The largest absolute Gasteiger partial charge is 0.377 e. The van der Waals surface area contributed by atoms with Crippen LogP contribution in [0.2, 0.25) is 0 Å². The quantitative estimate of drug-likeness (QED) is 0.585. The highest BCUT2D eigenvalue weighted by atomic mass is 16.6. The molecule has 0 spiro atoms. The van der Waals surface area contributed by atoms with Crippen molar-refractivity contribution in [3.8, 4) is 0 Å². The number of non-ortho nitro benzene ring substituents is 1. The predicted octanol–water partition coefficient (Wildman–Crippen LogP) is 4.15. The lowest BCUT2D eigenvalue weighted by molar-refractivity contribution is -0.384. The SMILES string of the molecule is CCN(c1ccc(NC(=O)c2cc([N+](=O)[O-])ccc2N(C)C)cc1)C(C)C. The van der Waals surface area contributed by atoms with Crippen LogP contribution in [0.5, 0.6) is 0 Å². The topological polar surface area (TPSA) is 78.7 Å². The van der Waals surface area contributed by atoms with Crippen LogP contribution in [-0.4, -0.2) is 37.5 Å². The second kappa shape index (κ2) is 8.53. The van der Waals surface area contributed by atoms with Gasteiger partial charge in [0.15, 0.2) is 0 Å². The van der Waals surface area contributed by atoms with Gasteiger partial charge in [-0.3, -0.25) is 14.9 Å². The number of hydrogen-bond donors (Lipinski definition) is 1. The van der Waals surface area contributed by atoms with Crippen LogP contribution in [0.15, 0.2) is 42.5 Å². The van der Waals surface area contributed by atoms with Crippen molar-refractivity contribution < 1.29 is 9.72 Å². The molecule has 0 radical (unpaired) electrons. The van der Waals surface area contributed by atoms with E-state index in [2.05, 4.69) is 31.0 Å². The zero-order chi connectivity index (χ0) is 20.1. The maximum absolute atomic E-state index is 12.7. The third-order valence-corrected chi connectivity index (χ3v) is 4.34. The predicted molar refractivity (Wildman–Crippen MR) is 110 cm³/mol. The molecule has 1 N–H and O–H groups in total. The van der Waals surface area contributed by atoms with Gasteiger partial charge in [0.25, 0.3) is 11.6 Å². The standard InChI is InChI=1S/C20H26N4O3/c1-6-23(14(2)3)16-9-7-15(8-10-16)21-20(25)18-13-17(24(26)27)11-12-19(18)22(4)5/h7-14H,6H2,1-5H3,(H,21,25). The average Bonchev–Trinajstić information content (AvgIpc) is 2.62. The zero-order valence-corrected chi connectivity index (χ0v) is 16.4. The molecule has 0 saturated heterocycles.